The summed E-state index contributed by atoms with van der Waals surface area (Å²) in [5, 5.41) is 2.56. The maximum absolute atomic E-state index is 11.3. The van der Waals surface area contributed by atoms with E-state index in [4.69, 9.17) is 9.15 Å². The molecule has 0 atom stereocenters. The Bertz CT molecular complexity index is 474. The Balaban J connectivity index is 2.04. The first-order chi connectivity index (χ1) is 8.29. The van der Waals surface area contributed by atoms with E-state index in [-0.39, 0.29) is 0 Å². The first-order valence-electron chi connectivity index (χ1n) is 5.40. The van der Waals surface area contributed by atoms with Crippen molar-refractivity contribution in [1.82, 2.24) is 4.57 Å². The van der Waals surface area contributed by atoms with Gasteiger partial charge in [-0.2, -0.15) is 0 Å². The second-order valence-electron chi connectivity index (χ2n) is 3.48. The van der Waals surface area contributed by atoms with E-state index in [0.717, 1.165) is 5.56 Å². The van der Waals surface area contributed by atoms with Crippen LogP contribution in [0.1, 0.15) is 12.5 Å². The second kappa shape index (κ2) is 5.25. The third-order valence-electron chi connectivity index (χ3n) is 2.26. The van der Waals surface area contributed by atoms with Crippen molar-refractivity contribution in [1.29, 1.82) is 0 Å². The lowest BCUT2D eigenvalue weighted by Gasteiger charge is -2.05. The molecule has 0 unspecified atom stereocenters. The zero-order chi connectivity index (χ0) is 12.1. The summed E-state index contributed by atoms with van der Waals surface area (Å²) in [4.78, 5) is 11.3. The monoisotopic (exact) mass is 234 g/mol. The molecule has 0 fully saturated rings. The van der Waals surface area contributed by atoms with Crippen molar-refractivity contribution >= 4 is 12.0 Å². The van der Waals surface area contributed by atoms with Crippen molar-refractivity contribution in [3.8, 4) is 0 Å². The lowest BCUT2D eigenvalue weighted by molar-refractivity contribution is 0.167. The highest BCUT2D eigenvalue weighted by atomic mass is 16.5. The summed E-state index contributed by atoms with van der Waals surface area (Å²) in [5.41, 5.74) is 0.897. The minimum absolute atomic E-state index is 0.333. The number of ether oxygens (including phenoxy) is 1. The summed E-state index contributed by atoms with van der Waals surface area (Å²) in [6, 6.07) is 5.71. The highest BCUT2D eigenvalue weighted by Crippen LogP contribution is 2.18. The Kier molecular flexibility index (Phi) is 3.49. The summed E-state index contributed by atoms with van der Waals surface area (Å²) in [5.74, 6) is 0.428. The molecule has 2 heterocycles. The van der Waals surface area contributed by atoms with Crippen LogP contribution in [0.15, 0.2) is 41.3 Å². The molecule has 0 aliphatic carbocycles. The molecule has 2 aromatic heterocycles. The molecule has 2 aromatic rings. The summed E-state index contributed by atoms with van der Waals surface area (Å²) in [6.45, 7) is 2.73. The van der Waals surface area contributed by atoms with Gasteiger partial charge in [-0.05, 0) is 25.1 Å². The third-order valence-corrected chi connectivity index (χ3v) is 2.26. The number of hydrogen-bond donors (Lipinski definition) is 1. The van der Waals surface area contributed by atoms with Gasteiger partial charge in [0.05, 0.1) is 19.4 Å². The van der Waals surface area contributed by atoms with E-state index in [1.54, 1.807) is 13.2 Å². The maximum atomic E-state index is 11.3. The molecule has 0 aliphatic rings. The lowest BCUT2D eigenvalue weighted by atomic mass is 10.3. The third kappa shape index (κ3) is 2.90. The van der Waals surface area contributed by atoms with Crippen molar-refractivity contribution in [2.75, 3.05) is 11.9 Å². The molecule has 90 valence electrons. The first-order valence-corrected chi connectivity index (χ1v) is 5.40. The fourth-order valence-corrected chi connectivity index (χ4v) is 1.50. The van der Waals surface area contributed by atoms with Crippen LogP contribution < -0.4 is 5.32 Å². The molecule has 2 rings (SSSR count). The maximum Gasteiger partial charge on any atom is 0.413 e. The second-order valence-corrected chi connectivity index (χ2v) is 3.48. The number of nitrogens with one attached hydrogen (secondary N) is 1. The van der Waals surface area contributed by atoms with Crippen LogP contribution >= 0.6 is 0 Å². The molecule has 0 spiro atoms. The fraction of sp³-hybridized carbons (Fsp3) is 0.250. The van der Waals surface area contributed by atoms with Gasteiger partial charge >= 0.3 is 6.09 Å². The van der Waals surface area contributed by atoms with E-state index in [9.17, 15) is 4.79 Å². The molecule has 0 radical (unpaired) electrons. The largest absolute Gasteiger partial charge is 0.450 e. The number of aromatic nitrogens is 1. The van der Waals surface area contributed by atoms with Gasteiger partial charge in [-0.25, -0.2) is 4.79 Å². The smallest absolute Gasteiger partial charge is 0.413 e. The van der Waals surface area contributed by atoms with Crippen LogP contribution in [-0.4, -0.2) is 17.3 Å². The van der Waals surface area contributed by atoms with Crippen LogP contribution in [-0.2, 0) is 11.3 Å². The van der Waals surface area contributed by atoms with Gasteiger partial charge in [0.2, 0.25) is 5.88 Å². The summed E-state index contributed by atoms with van der Waals surface area (Å²) in [6.07, 6.45) is 4.93. The van der Waals surface area contributed by atoms with Crippen LogP contribution in [0.5, 0.6) is 0 Å². The van der Waals surface area contributed by atoms with Crippen LogP contribution in [0.4, 0.5) is 10.7 Å². The number of nitrogens with zero attached hydrogens (tertiary/aromatic N) is 1. The Hall–Kier alpha value is -2.17. The average molecular weight is 234 g/mol. The number of anilines is 1. The number of furan rings is 1. The summed E-state index contributed by atoms with van der Waals surface area (Å²) >= 11 is 0. The van der Waals surface area contributed by atoms with E-state index >= 15 is 0 Å². The molecule has 0 bridgehead atoms. The molecule has 0 saturated heterocycles. The number of hydrogen-bond acceptors (Lipinski definition) is 3. The SMILES string of the molecule is CCOC(=O)Nc1occc1Cn1cccc1. The Morgan fingerprint density at radius 2 is 2.24 bits per heavy atom. The standard InChI is InChI=1S/C12H14N2O3/c1-2-16-12(15)13-11-10(5-8-17-11)9-14-6-3-4-7-14/h3-8H,2,9H2,1H3,(H,13,15). The molecule has 1 amide bonds. The summed E-state index contributed by atoms with van der Waals surface area (Å²) < 4.78 is 12.0. The fourth-order valence-electron chi connectivity index (χ4n) is 1.50. The quantitative estimate of drug-likeness (QED) is 0.884. The topological polar surface area (TPSA) is 56.4 Å². The van der Waals surface area contributed by atoms with Gasteiger partial charge in [-0.1, -0.05) is 0 Å². The van der Waals surface area contributed by atoms with Crippen LogP contribution in [0, 0.1) is 0 Å². The van der Waals surface area contributed by atoms with Gasteiger partial charge in [0.1, 0.15) is 0 Å². The molecule has 0 aliphatic heterocycles. The Morgan fingerprint density at radius 1 is 1.47 bits per heavy atom. The number of carbonyl (C=O) groups excluding carboxylic acids is 1. The average Bonchev–Trinajstić information content (AvgIpc) is 2.92. The zero-order valence-electron chi connectivity index (χ0n) is 9.55. The van der Waals surface area contributed by atoms with Crippen molar-refractivity contribution < 1.29 is 13.9 Å². The van der Waals surface area contributed by atoms with Crippen molar-refractivity contribution in [3.05, 3.63) is 42.4 Å². The molecule has 0 saturated carbocycles. The number of rotatable bonds is 4. The number of carbonyl (C=O) groups is 1. The van der Waals surface area contributed by atoms with E-state index in [2.05, 4.69) is 5.32 Å². The summed E-state index contributed by atoms with van der Waals surface area (Å²) in [7, 11) is 0. The van der Waals surface area contributed by atoms with Gasteiger partial charge in [0, 0.05) is 18.0 Å². The van der Waals surface area contributed by atoms with Crippen molar-refractivity contribution in [2.45, 2.75) is 13.5 Å². The van der Waals surface area contributed by atoms with Crippen LogP contribution in [0.25, 0.3) is 0 Å². The highest BCUT2D eigenvalue weighted by Gasteiger charge is 2.10. The van der Waals surface area contributed by atoms with Gasteiger partial charge in [0.25, 0.3) is 0 Å². The van der Waals surface area contributed by atoms with Crippen LogP contribution in [0.3, 0.4) is 0 Å². The molecule has 5 heteroatoms. The zero-order valence-corrected chi connectivity index (χ0v) is 9.55. The van der Waals surface area contributed by atoms with Crippen molar-refractivity contribution in [2.24, 2.45) is 0 Å². The molecule has 0 aromatic carbocycles. The molecule has 17 heavy (non-hydrogen) atoms. The normalized spacial score (nSPS) is 10.2. The van der Waals surface area contributed by atoms with E-state index in [1.807, 2.05) is 35.2 Å². The van der Waals surface area contributed by atoms with Crippen LogP contribution in [0.2, 0.25) is 0 Å². The molecular weight excluding hydrogens is 220 g/mol. The van der Waals surface area contributed by atoms with E-state index < -0.39 is 6.09 Å². The van der Waals surface area contributed by atoms with Gasteiger partial charge in [-0.15, -0.1) is 0 Å². The highest BCUT2D eigenvalue weighted by molar-refractivity contribution is 5.83. The van der Waals surface area contributed by atoms with Gasteiger partial charge in [0.15, 0.2) is 0 Å². The van der Waals surface area contributed by atoms with E-state index in [1.165, 1.54) is 0 Å². The predicted octanol–water partition coefficient (Wildman–Crippen LogP) is 2.70. The molecular formula is C12H14N2O3. The minimum atomic E-state index is -0.504. The number of amides is 1. The lowest BCUT2D eigenvalue weighted by Crippen LogP contribution is -2.14. The van der Waals surface area contributed by atoms with Crippen molar-refractivity contribution in [3.63, 3.8) is 0 Å². The predicted molar refractivity (Wildman–Crippen MR) is 62.9 cm³/mol. The Labute approximate surface area is 99.0 Å². The molecule has 1 N–H and O–H groups in total. The van der Waals surface area contributed by atoms with Gasteiger partial charge < -0.3 is 13.7 Å². The minimum Gasteiger partial charge on any atom is -0.450 e. The van der Waals surface area contributed by atoms with E-state index in [0.29, 0.717) is 19.0 Å². The van der Waals surface area contributed by atoms with Gasteiger partial charge in [-0.3, -0.25) is 5.32 Å². The Morgan fingerprint density at radius 3 is 2.94 bits per heavy atom. The molecule has 5 nitrogen and oxygen atoms in total. The first kappa shape index (κ1) is 11.3.